The normalized spacial score (nSPS) is 12.1. The van der Waals surface area contributed by atoms with E-state index in [9.17, 15) is 21.6 Å². The Kier molecular flexibility index (Phi) is 5.60. The van der Waals surface area contributed by atoms with Crippen molar-refractivity contribution in [3.8, 4) is 10.7 Å². The molecule has 166 valence electrons. The fraction of sp³-hybridized carbons (Fsp3) is 0.176. The number of thiophene rings is 1. The molecule has 10 nitrogen and oxygen atoms in total. The van der Waals surface area contributed by atoms with Crippen LogP contribution in [0.15, 0.2) is 52.7 Å². The van der Waals surface area contributed by atoms with Crippen LogP contribution >= 0.6 is 11.3 Å². The van der Waals surface area contributed by atoms with Crippen molar-refractivity contribution >= 4 is 32.8 Å². The van der Waals surface area contributed by atoms with E-state index in [1.165, 1.54) is 24.8 Å². The molecule has 0 fully saturated rings. The molecule has 0 saturated heterocycles. The Labute approximate surface area is 182 Å². The van der Waals surface area contributed by atoms with Gasteiger partial charge in [-0.2, -0.15) is 18.2 Å². The van der Waals surface area contributed by atoms with Gasteiger partial charge >= 0.3 is 12.1 Å². The van der Waals surface area contributed by atoms with Crippen LogP contribution in [0.2, 0.25) is 0 Å². The van der Waals surface area contributed by atoms with Crippen LogP contribution in [0.3, 0.4) is 0 Å². The summed E-state index contributed by atoms with van der Waals surface area (Å²) in [5.41, 5.74) is 0. The standard InChI is InChI=1S/C17H12F3N7O3S2/c1-32(28,29)14-8-23-13(7-24-14)27(12-6-21-4-5-22-12)9-10-2-3-11(31-10)15-25-16(30-26-15)17(18,19)20/h2-8H,9H2,1H3. The Balaban J connectivity index is 1.64. The predicted octanol–water partition coefficient (Wildman–Crippen LogP) is 3.14. The molecule has 32 heavy (non-hydrogen) atoms. The summed E-state index contributed by atoms with van der Waals surface area (Å²) in [4.78, 5) is 22.5. The van der Waals surface area contributed by atoms with Crippen LogP contribution < -0.4 is 4.90 Å². The molecule has 4 aromatic rings. The van der Waals surface area contributed by atoms with Gasteiger partial charge in [-0.25, -0.2) is 23.4 Å². The molecule has 4 aromatic heterocycles. The van der Waals surface area contributed by atoms with Gasteiger partial charge in [-0.1, -0.05) is 5.16 Å². The Morgan fingerprint density at radius 1 is 1.06 bits per heavy atom. The summed E-state index contributed by atoms with van der Waals surface area (Å²) in [7, 11) is -3.53. The highest BCUT2D eigenvalue weighted by atomic mass is 32.2. The number of rotatable bonds is 6. The van der Waals surface area contributed by atoms with Gasteiger partial charge in [-0.15, -0.1) is 11.3 Å². The zero-order chi connectivity index (χ0) is 22.9. The third kappa shape index (κ3) is 4.72. The number of halogens is 3. The van der Waals surface area contributed by atoms with Gasteiger partial charge in [0.05, 0.1) is 30.0 Å². The number of sulfone groups is 1. The fourth-order valence-electron chi connectivity index (χ4n) is 2.53. The summed E-state index contributed by atoms with van der Waals surface area (Å²) < 4.78 is 65.7. The molecule has 0 spiro atoms. The maximum Gasteiger partial charge on any atom is 0.471 e. The Morgan fingerprint density at radius 2 is 1.84 bits per heavy atom. The first-order valence-corrected chi connectivity index (χ1v) is 11.4. The lowest BCUT2D eigenvalue weighted by Gasteiger charge is -2.21. The van der Waals surface area contributed by atoms with E-state index >= 15 is 0 Å². The van der Waals surface area contributed by atoms with Gasteiger partial charge in [0.1, 0.15) is 0 Å². The van der Waals surface area contributed by atoms with Gasteiger partial charge in [-0.3, -0.25) is 4.98 Å². The molecule has 15 heteroatoms. The summed E-state index contributed by atoms with van der Waals surface area (Å²) in [6.45, 7) is 0.195. The van der Waals surface area contributed by atoms with E-state index in [4.69, 9.17) is 0 Å². The predicted molar refractivity (Wildman–Crippen MR) is 106 cm³/mol. The van der Waals surface area contributed by atoms with Gasteiger partial charge in [0.2, 0.25) is 5.82 Å². The third-order valence-corrected chi connectivity index (χ3v) is 6.00. The summed E-state index contributed by atoms with van der Waals surface area (Å²) >= 11 is 1.15. The van der Waals surface area contributed by atoms with Crippen molar-refractivity contribution < 1.29 is 26.1 Å². The van der Waals surface area contributed by atoms with E-state index in [0.29, 0.717) is 21.4 Å². The summed E-state index contributed by atoms with van der Waals surface area (Å²) in [5.74, 6) is -0.906. The monoisotopic (exact) mass is 483 g/mol. The topological polar surface area (TPSA) is 128 Å². The van der Waals surface area contributed by atoms with Gasteiger partial charge in [-0.05, 0) is 12.1 Å². The molecule has 0 aliphatic carbocycles. The minimum absolute atomic E-state index is 0.183. The number of aromatic nitrogens is 6. The van der Waals surface area contributed by atoms with Crippen LogP contribution in [-0.2, 0) is 22.6 Å². The molecule has 4 heterocycles. The van der Waals surface area contributed by atoms with Crippen molar-refractivity contribution in [2.75, 3.05) is 11.2 Å². The second-order valence-corrected chi connectivity index (χ2v) is 9.45. The minimum Gasteiger partial charge on any atom is -0.329 e. The molecule has 0 N–H and O–H groups in total. The van der Waals surface area contributed by atoms with E-state index in [1.54, 1.807) is 17.0 Å². The lowest BCUT2D eigenvalue weighted by Crippen LogP contribution is -2.19. The molecule has 0 saturated carbocycles. The molecule has 0 unspecified atom stereocenters. The van der Waals surface area contributed by atoms with E-state index in [-0.39, 0.29) is 17.4 Å². The Hall–Kier alpha value is -3.46. The quantitative estimate of drug-likeness (QED) is 0.403. The van der Waals surface area contributed by atoms with Crippen molar-refractivity contribution in [2.24, 2.45) is 0 Å². The van der Waals surface area contributed by atoms with Crippen molar-refractivity contribution in [1.29, 1.82) is 0 Å². The molecule has 0 aliphatic heterocycles. The molecule has 0 aromatic carbocycles. The first-order valence-electron chi connectivity index (χ1n) is 8.67. The zero-order valence-corrected chi connectivity index (χ0v) is 17.7. The van der Waals surface area contributed by atoms with Crippen LogP contribution in [0.1, 0.15) is 10.8 Å². The molecular weight excluding hydrogens is 471 g/mol. The van der Waals surface area contributed by atoms with Crippen molar-refractivity contribution in [3.05, 3.63) is 53.9 Å². The Bertz CT molecular complexity index is 1320. The third-order valence-electron chi connectivity index (χ3n) is 3.96. The maximum absolute atomic E-state index is 12.7. The highest BCUT2D eigenvalue weighted by molar-refractivity contribution is 7.90. The van der Waals surface area contributed by atoms with Crippen LogP contribution in [-0.4, -0.2) is 44.8 Å². The van der Waals surface area contributed by atoms with Gasteiger partial charge in [0, 0.05) is 23.5 Å². The average Bonchev–Trinajstić information content (AvgIpc) is 3.41. The lowest BCUT2D eigenvalue weighted by molar-refractivity contribution is -0.159. The molecule has 4 rings (SSSR count). The largest absolute Gasteiger partial charge is 0.471 e. The molecule has 0 radical (unpaired) electrons. The van der Waals surface area contributed by atoms with Crippen LogP contribution in [0, 0.1) is 0 Å². The number of nitrogens with zero attached hydrogens (tertiary/aromatic N) is 7. The average molecular weight is 483 g/mol. The summed E-state index contributed by atoms with van der Waals surface area (Å²) in [6.07, 6.45) is 3.14. The molecule has 0 bridgehead atoms. The second kappa shape index (κ2) is 8.23. The Morgan fingerprint density at radius 3 is 2.44 bits per heavy atom. The van der Waals surface area contributed by atoms with Crippen LogP contribution in [0.4, 0.5) is 24.8 Å². The second-order valence-electron chi connectivity index (χ2n) is 6.32. The van der Waals surface area contributed by atoms with Crippen LogP contribution in [0.25, 0.3) is 10.7 Å². The summed E-state index contributed by atoms with van der Waals surface area (Å²) in [6, 6.07) is 3.25. The highest BCUT2D eigenvalue weighted by Crippen LogP contribution is 2.33. The SMILES string of the molecule is CS(=O)(=O)c1cnc(N(Cc2ccc(-c3noc(C(F)(F)F)n3)s2)c2cnccn2)cn1. The number of hydrogen-bond acceptors (Lipinski definition) is 11. The van der Waals surface area contributed by atoms with Gasteiger partial charge < -0.3 is 9.42 Å². The molecule has 0 aliphatic rings. The van der Waals surface area contributed by atoms with E-state index < -0.39 is 21.9 Å². The molecule has 0 atom stereocenters. The zero-order valence-electron chi connectivity index (χ0n) is 16.1. The number of anilines is 2. The smallest absolute Gasteiger partial charge is 0.329 e. The first kappa shape index (κ1) is 21.8. The van der Waals surface area contributed by atoms with Gasteiger partial charge in [0.25, 0.3) is 0 Å². The van der Waals surface area contributed by atoms with Crippen molar-refractivity contribution in [3.63, 3.8) is 0 Å². The van der Waals surface area contributed by atoms with Crippen molar-refractivity contribution in [2.45, 2.75) is 17.7 Å². The lowest BCUT2D eigenvalue weighted by atomic mass is 10.3. The highest BCUT2D eigenvalue weighted by Gasteiger charge is 2.38. The van der Waals surface area contributed by atoms with Gasteiger partial charge in [0.15, 0.2) is 26.5 Å². The number of alkyl halides is 3. The van der Waals surface area contributed by atoms with E-state index in [1.807, 2.05) is 0 Å². The van der Waals surface area contributed by atoms with E-state index in [2.05, 4.69) is 34.6 Å². The fourth-order valence-corrected chi connectivity index (χ4v) is 3.94. The summed E-state index contributed by atoms with van der Waals surface area (Å²) in [5, 5.41) is 3.20. The number of hydrogen-bond donors (Lipinski definition) is 0. The van der Waals surface area contributed by atoms with Crippen LogP contribution in [0.5, 0.6) is 0 Å². The first-order chi connectivity index (χ1) is 15.1. The minimum atomic E-state index is -4.73. The van der Waals surface area contributed by atoms with Crippen molar-refractivity contribution in [1.82, 2.24) is 30.1 Å². The maximum atomic E-state index is 12.7. The molecule has 0 amide bonds. The van der Waals surface area contributed by atoms with E-state index in [0.717, 1.165) is 23.8 Å². The molecular formula is C17H12F3N7O3S2.